The smallest absolute Gasteiger partial charge is 0.343 e. The number of hydrogen-bond donors (Lipinski definition) is 1. The Morgan fingerprint density at radius 3 is 2.77 bits per heavy atom. The van der Waals surface area contributed by atoms with Crippen LogP contribution >= 0.6 is 0 Å². The van der Waals surface area contributed by atoms with Gasteiger partial charge in [0, 0.05) is 17.8 Å². The molecule has 4 rings (SSSR count). The van der Waals surface area contributed by atoms with Crippen LogP contribution in [0.5, 0.6) is 0 Å². The maximum atomic E-state index is 12.7. The molecule has 0 aliphatic carbocycles. The average molecular weight is 402 g/mol. The molecule has 0 spiro atoms. The van der Waals surface area contributed by atoms with Gasteiger partial charge in [-0.3, -0.25) is 9.78 Å². The molecule has 9 heteroatoms. The Balaban J connectivity index is 1.82. The van der Waals surface area contributed by atoms with Gasteiger partial charge < -0.3 is 10.1 Å². The van der Waals surface area contributed by atoms with Crippen molar-refractivity contribution < 1.29 is 14.3 Å². The minimum absolute atomic E-state index is 0.0997. The number of amides is 1. The molecule has 1 aromatic carbocycles. The number of aryl methyl sites for hydroxylation is 1. The number of ether oxygens (including phenoxy) is 1. The second-order valence-corrected chi connectivity index (χ2v) is 6.40. The van der Waals surface area contributed by atoms with E-state index in [9.17, 15) is 9.59 Å². The first-order valence-corrected chi connectivity index (χ1v) is 9.27. The number of aromatic nitrogens is 5. The van der Waals surface area contributed by atoms with Gasteiger partial charge in [-0.05, 0) is 31.5 Å². The highest BCUT2D eigenvalue weighted by atomic mass is 16.5. The Labute approximate surface area is 171 Å². The molecule has 4 aromatic rings. The van der Waals surface area contributed by atoms with E-state index in [1.807, 2.05) is 37.3 Å². The average Bonchev–Trinajstić information content (AvgIpc) is 3.18. The highest BCUT2D eigenvalue weighted by molar-refractivity contribution is 6.06. The summed E-state index contributed by atoms with van der Waals surface area (Å²) < 4.78 is 6.51. The Bertz CT molecular complexity index is 1240. The predicted molar refractivity (Wildman–Crippen MR) is 110 cm³/mol. The number of anilines is 1. The standard InChI is InChI=1S/C21H18N6O3/c1-3-30-21(29)15-11-24-27(19(15)26-20(28)17-12-22-8-9-23-17)18-10-13(2)14-6-4-5-7-16(14)25-18/h4-12H,3H2,1-2H3,(H,26,28). The molecule has 0 fully saturated rings. The van der Waals surface area contributed by atoms with Crippen LogP contribution in [0.25, 0.3) is 16.7 Å². The molecular weight excluding hydrogens is 384 g/mol. The first-order valence-electron chi connectivity index (χ1n) is 9.27. The summed E-state index contributed by atoms with van der Waals surface area (Å²) >= 11 is 0. The molecule has 3 aromatic heterocycles. The van der Waals surface area contributed by atoms with E-state index in [1.165, 1.54) is 29.5 Å². The van der Waals surface area contributed by atoms with Crippen LogP contribution in [0.1, 0.15) is 33.3 Å². The largest absolute Gasteiger partial charge is 0.462 e. The fraction of sp³-hybridized carbons (Fsp3) is 0.143. The number of pyridine rings is 1. The van der Waals surface area contributed by atoms with Gasteiger partial charge in [0.05, 0.1) is 24.5 Å². The van der Waals surface area contributed by atoms with Crippen LogP contribution in [0, 0.1) is 6.92 Å². The third-order valence-corrected chi connectivity index (χ3v) is 4.42. The van der Waals surface area contributed by atoms with E-state index in [0.29, 0.717) is 5.82 Å². The minimum Gasteiger partial charge on any atom is -0.462 e. The van der Waals surface area contributed by atoms with Crippen LogP contribution in [0.15, 0.2) is 55.1 Å². The summed E-state index contributed by atoms with van der Waals surface area (Å²) in [6.45, 7) is 3.85. The van der Waals surface area contributed by atoms with E-state index in [1.54, 1.807) is 6.92 Å². The van der Waals surface area contributed by atoms with Gasteiger partial charge in [0.1, 0.15) is 11.3 Å². The van der Waals surface area contributed by atoms with Gasteiger partial charge in [-0.15, -0.1) is 0 Å². The normalized spacial score (nSPS) is 10.7. The highest BCUT2D eigenvalue weighted by Crippen LogP contribution is 2.24. The molecule has 9 nitrogen and oxygen atoms in total. The zero-order valence-corrected chi connectivity index (χ0v) is 16.4. The lowest BCUT2D eigenvalue weighted by Crippen LogP contribution is -2.19. The summed E-state index contributed by atoms with van der Waals surface area (Å²) in [5, 5.41) is 7.99. The lowest BCUT2D eigenvalue weighted by molar-refractivity contribution is 0.0527. The Morgan fingerprint density at radius 2 is 2.00 bits per heavy atom. The molecule has 3 heterocycles. The number of fused-ring (bicyclic) bond motifs is 1. The van der Waals surface area contributed by atoms with Crippen LogP contribution in [-0.2, 0) is 4.74 Å². The van der Waals surface area contributed by atoms with E-state index in [-0.39, 0.29) is 23.7 Å². The van der Waals surface area contributed by atoms with Crippen molar-refractivity contribution in [1.29, 1.82) is 0 Å². The Kier molecular flexibility index (Phi) is 5.17. The van der Waals surface area contributed by atoms with Crippen molar-refractivity contribution in [2.24, 2.45) is 0 Å². The van der Waals surface area contributed by atoms with E-state index >= 15 is 0 Å². The van der Waals surface area contributed by atoms with Crippen LogP contribution in [0.3, 0.4) is 0 Å². The number of nitrogens with zero attached hydrogens (tertiary/aromatic N) is 5. The lowest BCUT2D eigenvalue weighted by atomic mass is 10.1. The molecule has 0 unspecified atom stereocenters. The molecule has 30 heavy (non-hydrogen) atoms. The molecule has 0 saturated heterocycles. The number of benzene rings is 1. The monoisotopic (exact) mass is 402 g/mol. The van der Waals surface area contributed by atoms with Gasteiger partial charge >= 0.3 is 5.97 Å². The second kappa shape index (κ2) is 8.08. The summed E-state index contributed by atoms with van der Waals surface area (Å²) in [6.07, 6.45) is 5.55. The summed E-state index contributed by atoms with van der Waals surface area (Å²) in [5.74, 6) is -0.536. The maximum absolute atomic E-state index is 12.7. The van der Waals surface area contributed by atoms with E-state index in [2.05, 4.69) is 25.4 Å². The number of esters is 1. The van der Waals surface area contributed by atoms with Crippen LogP contribution < -0.4 is 5.32 Å². The van der Waals surface area contributed by atoms with Crippen molar-refractivity contribution in [3.8, 4) is 5.82 Å². The van der Waals surface area contributed by atoms with Crippen molar-refractivity contribution in [2.45, 2.75) is 13.8 Å². The Hall–Kier alpha value is -4.14. The van der Waals surface area contributed by atoms with Gasteiger partial charge in [0.25, 0.3) is 5.91 Å². The summed E-state index contributed by atoms with van der Waals surface area (Å²) in [4.78, 5) is 37.6. The number of carbonyl (C=O) groups is 2. The predicted octanol–water partition coefficient (Wildman–Crippen LogP) is 2.95. The fourth-order valence-electron chi connectivity index (χ4n) is 3.03. The first-order chi connectivity index (χ1) is 14.6. The molecular formula is C21H18N6O3. The van der Waals surface area contributed by atoms with Crippen LogP contribution in [0.4, 0.5) is 5.82 Å². The summed E-state index contributed by atoms with van der Waals surface area (Å²) in [5.41, 5.74) is 1.96. The topological polar surface area (TPSA) is 112 Å². The van der Waals surface area contributed by atoms with Gasteiger partial charge in [-0.25, -0.2) is 14.8 Å². The number of rotatable bonds is 5. The van der Waals surface area contributed by atoms with Crippen molar-refractivity contribution in [2.75, 3.05) is 11.9 Å². The van der Waals surface area contributed by atoms with Crippen LogP contribution in [-0.4, -0.2) is 43.2 Å². The minimum atomic E-state index is -0.601. The van der Waals surface area contributed by atoms with Gasteiger partial charge in [0.2, 0.25) is 0 Å². The van der Waals surface area contributed by atoms with Crippen molar-refractivity contribution in [3.63, 3.8) is 0 Å². The molecule has 0 aliphatic rings. The quantitative estimate of drug-likeness (QED) is 0.511. The molecule has 150 valence electrons. The maximum Gasteiger partial charge on any atom is 0.343 e. The van der Waals surface area contributed by atoms with Gasteiger partial charge in [-0.2, -0.15) is 9.78 Å². The molecule has 1 amide bonds. The zero-order chi connectivity index (χ0) is 21.1. The van der Waals surface area contributed by atoms with Gasteiger partial charge in [-0.1, -0.05) is 18.2 Å². The SMILES string of the molecule is CCOC(=O)c1cnn(-c2cc(C)c3ccccc3n2)c1NC(=O)c1cnccn1. The van der Waals surface area contributed by atoms with Gasteiger partial charge in [0.15, 0.2) is 11.6 Å². The highest BCUT2D eigenvalue weighted by Gasteiger charge is 2.23. The van der Waals surface area contributed by atoms with E-state index in [4.69, 9.17) is 4.74 Å². The Morgan fingerprint density at radius 1 is 1.17 bits per heavy atom. The molecule has 0 radical (unpaired) electrons. The third kappa shape index (κ3) is 3.60. The molecule has 1 N–H and O–H groups in total. The molecule has 0 atom stereocenters. The summed E-state index contributed by atoms with van der Waals surface area (Å²) in [6, 6.07) is 9.53. The van der Waals surface area contributed by atoms with Crippen molar-refractivity contribution >= 4 is 28.6 Å². The second-order valence-electron chi connectivity index (χ2n) is 6.40. The molecule has 0 bridgehead atoms. The lowest BCUT2D eigenvalue weighted by Gasteiger charge is -2.12. The summed E-state index contributed by atoms with van der Waals surface area (Å²) in [7, 11) is 0. The van der Waals surface area contributed by atoms with Crippen LogP contribution in [0.2, 0.25) is 0 Å². The number of nitrogens with one attached hydrogen (secondary N) is 1. The number of hydrogen-bond acceptors (Lipinski definition) is 7. The van der Waals surface area contributed by atoms with Crippen molar-refractivity contribution in [3.05, 3.63) is 71.9 Å². The number of carbonyl (C=O) groups excluding carboxylic acids is 2. The number of para-hydroxylation sites is 1. The van der Waals surface area contributed by atoms with E-state index in [0.717, 1.165) is 16.5 Å². The van der Waals surface area contributed by atoms with E-state index < -0.39 is 11.9 Å². The molecule has 0 aliphatic heterocycles. The molecule has 0 saturated carbocycles. The van der Waals surface area contributed by atoms with Crippen molar-refractivity contribution in [1.82, 2.24) is 24.7 Å². The third-order valence-electron chi connectivity index (χ3n) is 4.42. The fourth-order valence-corrected chi connectivity index (χ4v) is 3.03. The first kappa shape index (κ1) is 19.2. The zero-order valence-electron chi connectivity index (χ0n) is 16.4.